The molecule has 4 heteroatoms. The number of carbonyl (C=O) groups excluding carboxylic acids is 2. The molecule has 0 aliphatic rings. The average Bonchev–Trinajstić information content (AvgIpc) is 2.48. The van der Waals surface area contributed by atoms with Gasteiger partial charge < -0.3 is 10.6 Å². The first-order chi connectivity index (χ1) is 10.5. The average molecular weight is 304 g/mol. The smallest absolute Gasteiger partial charge is 0.251 e. The van der Waals surface area contributed by atoms with Crippen LogP contribution in [0.3, 0.4) is 0 Å². The van der Waals surface area contributed by atoms with Gasteiger partial charge in [0.2, 0.25) is 5.91 Å². The summed E-state index contributed by atoms with van der Waals surface area (Å²) in [5.74, 6) is -0.266. The van der Waals surface area contributed by atoms with E-state index in [4.69, 9.17) is 0 Å². The van der Waals surface area contributed by atoms with Gasteiger partial charge in [0.15, 0.2) is 0 Å². The van der Waals surface area contributed by atoms with Gasteiger partial charge in [-0.1, -0.05) is 51.3 Å². The van der Waals surface area contributed by atoms with Crippen LogP contribution in [-0.2, 0) is 4.79 Å². The van der Waals surface area contributed by atoms with E-state index < -0.39 is 6.04 Å². The number of hydrogen-bond donors (Lipinski definition) is 2. The van der Waals surface area contributed by atoms with Crippen molar-refractivity contribution in [3.63, 3.8) is 0 Å². The van der Waals surface area contributed by atoms with Crippen molar-refractivity contribution in [2.24, 2.45) is 5.92 Å². The summed E-state index contributed by atoms with van der Waals surface area (Å²) in [6, 6.07) is 6.87. The third-order valence-electron chi connectivity index (χ3n) is 3.60. The van der Waals surface area contributed by atoms with Crippen LogP contribution in [0.4, 0.5) is 0 Å². The van der Waals surface area contributed by atoms with Crippen LogP contribution in [0.5, 0.6) is 0 Å². The third kappa shape index (κ3) is 5.88. The zero-order valence-corrected chi connectivity index (χ0v) is 14.1. The first kappa shape index (κ1) is 18.2. The summed E-state index contributed by atoms with van der Waals surface area (Å²) in [6.07, 6.45) is 3.19. The molecule has 0 radical (unpaired) electrons. The molecule has 0 aliphatic heterocycles. The van der Waals surface area contributed by atoms with Crippen LogP contribution in [0.15, 0.2) is 24.3 Å². The predicted molar refractivity (Wildman–Crippen MR) is 89.8 cm³/mol. The molecule has 4 nitrogen and oxygen atoms in total. The fraction of sp³-hybridized carbons (Fsp3) is 0.556. The molecular weight excluding hydrogens is 276 g/mol. The maximum Gasteiger partial charge on any atom is 0.251 e. The van der Waals surface area contributed by atoms with E-state index in [2.05, 4.69) is 17.6 Å². The Labute approximate surface area is 133 Å². The fourth-order valence-electron chi connectivity index (χ4n) is 2.24. The molecule has 1 atom stereocenters. The molecule has 2 amide bonds. The van der Waals surface area contributed by atoms with Crippen molar-refractivity contribution in [3.8, 4) is 0 Å². The Morgan fingerprint density at radius 1 is 1.18 bits per heavy atom. The number of hydrogen-bond acceptors (Lipinski definition) is 2. The van der Waals surface area contributed by atoms with Crippen molar-refractivity contribution in [2.75, 3.05) is 6.54 Å². The lowest BCUT2D eigenvalue weighted by atomic mass is 10.0. The van der Waals surface area contributed by atoms with E-state index in [0.29, 0.717) is 12.1 Å². The molecular formula is C18H28N2O2. The van der Waals surface area contributed by atoms with E-state index in [0.717, 1.165) is 24.8 Å². The molecule has 1 aromatic rings. The molecule has 0 bridgehead atoms. The van der Waals surface area contributed by atoms with Crippen molar-refractivity contribution in [3.05, 3.63) is 35.4 Å². The number of nitrogens with one attached hydrogen (secondary N) is 2. The molecule has 0 aromatic heterocycles. The van der Waals surface area contributed by atoms with Gasteiger partial charge in [-0.15, -0.1) is 0 Å². The zero-order chi connectivity index (χ0) is 16.5. The highest BCUT2D eigenvalue weighted by atomic mass is 16.2. The van der Waals surface area contributed by atoms with Crippen LogP contribution in [0.1, 0.15) is 56.0 Å². The van der Waals surface area contributed by atoms with E-state index in [9.17, 15) is 9.59 Å². The quantitative estimate of drug-likeness (QED) is 0.725. The third-order valence-corrected chi connectivity index (χ3v) is 3.60. The Morgan fingerprint density at radius 3 is 2.50 bits per heavy atom. The molecule has 2 N–H and O–H groups in total. The fourth-order valence-corrected chi connectivity index (χ4v) is 2.24. The van der Waals surface area contributed by atoms with E-state index in [1.54, 1.807) is 6.07 Å². The minimum absolute atomic E-state index is 0.0416. The standard InChI is InChI=1S/C18H28N2O2/c1-5-6-7-11-19-18(22)16(13(2)3)20-17(21)15-10-8-9-14(4)12-15/h8-10,12-13,16H,5-7,11H2,1-4H3,(H,19,22)(H,20,21)/t16-/m0/s1. The molecule has 0 aliphatic carbocycles. The van der Waals surface area contributed by atoms with E-state index in [1.165, 1.54) is 0 Å². The first-order valence-electron chi connectivity index (χ1n) is 8.11. The SMILES string of the molecule is CCCCCNC(=O)[C@@H](NC(=O)c1cccc(C)c1)C(C)C. The molecule has 0 unspecified atom stereocenters. The van der Waals surface area contributed by atoms with Crippen LogP contribution < -0.4 is 10.6 Å². The summed E-state index contributed by atoms with van der Waals surface area (Å²) in [5.41, 5.74) is 1.61. The van der Waals surface area contributed by atoms with Gasteiger partial charge in [-0.3, -0.25) is 9.59 Å². The summed E-state index contributed by atoms with van der Waals surface area (Å²) >= 11 is 0. The number of benzene rings is 1. The maximum atomic E-state index is 12.3. The van der Waals surface area contributed by atoms with E-state index in [-0.39, 0.29) is 17.7 Å². The molecule has 0 saturated carbocycles. The first-order valence-corrected chi connectivity index (χ1v) is 8.11. The highest BCUT2D eigenvalue weighted by molar-refractivity contribution is 5.97. The molecule has 0 heterocycles. The highest BCUT2D eigenvalue weighted by Crippen LogP contribution is 2.07. The molecule has 0 saturated heterocycles. The van der Waals surface area contributed by atoms with Crippen LogP contribution >= 0.6 is 0 Å². The van der Waals surface area contributed by atoms with Crippen molar-refractivity contribution in [2.45, 2.75) is 53.0 Å². The summed E-state index contributed by atoms with van der Waals surface area (Å²) in [7, 11) is 0. The summed E-state index contributed by atoms with van der Waals surface area (Å²) in [5, 5.41) is 5.76. The molecule has 1 aromatic carbocycles. The Hall–Kier alpha value is -1.84. The Bertz CT molecular complexity index is 498. The van der Waals surface area contributed by atoms with Gasteiger partial charge >= 0.3 is 0 Å². The second-order valence-corrected chi connectivity index (χ2v) is 6.06. The van der Waals surface area contributed by atoms with Crippen LogP contribution in [0.25, 0.3) is 0 Å². The molecule has 1 rings (SSSR count). The minimum Gasteiger partial charge on any atom is -0.354 e. The van der Waals surface area contributed by atoms with Crippen molar-refractivity contribution < 1.29 is 9.59 Å². The Morgan fingerprint density at radius 2 is 1.91 bits per heavy atom. The van der Waals surface area contributed by atoms with Gasteiger partial charge in [0, 0.05) is 12.1 Å². The van der Waals surface area contributed by atoms with Crippen LogP contribution in [-0.4, -0.2) is 24.4 Å². The second kappa shape index (κ2) is 9.23. The number of aryl methyl sites for hydroxylation is 1. The van der Waals surface area contributed by atoms with Crippen molar-refractivity contribution in [1.29, 1.82) is 0 Å². The highest BCUT2D eigenvalue weighted by Gasteiger charge is 2.24. The number of unbranched alkanes of at least 4 members (excludes halogenated alkanes) is 2. The lowest BCUT2D eigenvalue weighted by molar-refractivity contribution is -0.123. The van der Waals surface area contributed by atoms with Gasteiger partial charge in [0.1, 0.15) is 6.04 Å². The largest absolute Gasteiger partial charge is 0.354 e. The zero-order valence-electron chi connectivity index (χ0n) is 14.1. The van der Waals surface area contributed by atoms with Crippen LogP contribution in [0, 0.1) is 12.8 Å². The molecule has 122 valence electrons. The number of carbonyl (C=O) groups is 2. The summed E-state index contributed by atoms with van der Waals surface area (Å²) in [4.78, 5) is 24.6. The molecule has 22 heavy (non-hydrogen) atoms. The molecule has 0 spiro atoms. The number of rotatable bonds is 8. The summed E-state index contributed by atoms with van der Waals surface area (Å²) < 4.78 is 0. The lowest BCUT2D eigenvalue weighted by Crippen LogP contribution is -2.49. The van der Waals surface area contributed by atoms with E-state index in [1.807, 2.05) is 39.0 Å². The van der Waals surface area contributed by atoms with Crippen molar-refractivity contribution in [1.82, 2.24) is 10.6 Å². The number of amides is 2. The van der Waals surface area contributed by atoms with Crippen molar-refractivity contribution >= 4 is 11.8 Å². The van der Waals surface area contributed by atoms with Gasteiger partial charge in [-0.25, -0.2) is 0 Å². The van der Waals surface area contributed by atoms with Gasteiger partial charge in [-0.05, 0) is 31.4 Å². The Kier molecular flexibility index (Phi) is 7.64. The lowest BCUT2D eigenvalue weighted by Gasteiger charge is -2.22. The van der Waals surface area contributed by atoms with Crippen LogP contribution in [0.2, 0.25) is 0 Å². The topological polar surface area (TPSA) is 58.2 Å². The Balaban J connectivity index is 2.63. The normalized spacial score (nSPS) is 12.0. The van der Waals surface area contributed by atoms with Gasteiger partial charge in [-0.2, -0.15) is 0 Å². The van der Waals surface area contributed by atoms with Gasteiger partial charge in [0.25, 0.3) is 5.91 Å². The summed E-state index contributed by atoms with van der Waals surface area (Å²) in [6.45, 7) is 8.60. The maximum absolute atomic E-state index is 12.3. The van der Waals surface area contributed by atoms with E-state index >= 15 is 0 Å². The monoisotopic (exact) mass is 304 g/mol. The van der Waals surface area contributed by atoms with Gasteiger partial charge in [0.05, 0.1) is 0 Å². The minimum atomic E-state index is -0.505. The second-order valence-electron chi connectivity index (χ2n) is 6.06. The molecule has 0 fully saturated rings. The predicted octanol–water partition coefficient (Wildman–Crippen LogP) is 3.06.